The van der Waals surface area contributed by atoms with Crippen LogP contribution in [0.3, 0.4) is 0 Å². The van der Waals surface area contributed by atoms with E-state index in [4.69, 9.17) is 12.2 Å². The van der Waals surface area contributed by atoms with Crippen molar-refractivity contribution in [3.63, 3.8) is 0 Å². The molecular formula is C26H32N4S. The zero-order valence-electron chi connectivity index (χ0n) is 19.1. The van der Waals surface area contributed by atoms with Gasteiger partial charge in [0.1, 0.15) is 0 Å². The maximum absolute atomic E-state index is 5.81. The smallest absolute Gasteiger partial charge is 0.170 e. The van der Waals surface area contributed by atoms with Crippen molar-refractivity contribution in [1.29, 1.82) is 0 Å². The lowest BCUT2D eigenvalue weighted by atomic mass is 9.96. The Bertz CT molecular complexity index is 1070. The SMILES string of the molecule is CCCCN1C(=S)N[C@H](c2ccccn2)[C@H]1c1cc(C)n(-c2c(C)cccc2C)c1C. The van der Waals surface area contributed by atoms with Gasteiger partial charge >= 0.3 is 0 Å². The highest BCUT2D eigenvalue weighted by atomic mass is 32.1. The van der Waals surface area contributed by atoms with Crippen LogP contribution in [0.1, 0.15) is 65.6 Å². The minimum atomic E-state index is 0.0393. The Morgan fingerprint density at radius 1 is 1.03 bits per heavy atom. The summed E-state index contributed by atoms with van der Waals surface area (Å²) >= 11 is 5.81. The average molecular weight is 433 g/mol. The first-order chi connectivity index (χ1) is 14.9. The zero-order valence-corrected chi connectivity index (χ0v) is 20.0. The Hall–Kier alpha value is -2.66. The molecule has 3 aromatic rings. The summed E-state index contributed by atoms with van der Waals surface area (Å²) in [5.74, 6) is 0. The number of aryl methyl sites for hydroxylation is 3. The van der Waals surface area contributed by atoms with Gasteiger partial charge in [0.05, 0.1) is 23.5 Å². The number of nitrogens with one attached hydrogen (secondary N) is 1. The van der Waals surface area contributed by atoms with Crippen LogP contribution in [0.15, 0.2) is 48.7 Å². The van der Waals surface area contributed by atoms with Crippen LogP contribution in [0.25, 0.3) is 5.69 Å². The van der Waals surface area contributed by atoms with Crippen molar-refractivity contribution >= 4 is 17.3 Å². The second-order valence-electron chi connectivity index (χ2n) is 8.58. The number of para-hydroxylation sites is 1. The number of hydrogen-bond acceptors (Lipinski definition) is 2. The van der Waals surface area contributed by atoms with Crippen molar-refractivity contribution in [2.75, 3.05) is 6.54 Å². The van der Waals surface area contributed by atoms with Gasteiger partial charge in [-0.15, -0.1) is 0 Å². The third kappa shape index (κ3) is 3.87. The molecule has 1 saturated heterocycles. The predicted molar refractivity (Wildman–Crippen MR) is 132 cm³/mol. The summed E-state index contributed by atoms with van der Waals surface area (Å²) in [5, 5.41) is 4.41. The summed E-state index contributed by atoms with van der Waals surface area (Å²) in [6.45, 7) is 12.0. The third-order valence-corrected chi connectivity index (χ3v) is 6.75. The summed E-state index contributed by atoms with van der Waals surface area (Å²) in [6, 6.07) is 15.1. The predicted octanol–water partition coefficient (Wildman–Crippen LogP) is 5.88. The molecule has 1 fully saturated rings. The average Bonchev–Trinajstić information content (AvgIpc) is 3.23. The van der Waals surface area contributed by atoms with E-state index < -0.39 is 0 Å². The Kier molecular flexibility index (Phi) is 6.15. The molecule has 0 spiro atoms. The minimum Gasteiger partial charge on any atom is -0.352 e. The Morgan fingerprint density at radius 3 is 2.42 bits per heavy atom. The van der Waals surface area contributed by atoms with Crippen LogP contribution in [0.5, 0.6) is 0 Å². The normalized spacial score (nSPS) is 18.5. The molecule has 1 aromatic carbocycles. The molecule has 2 aromatic heterocycles. The van der Waals surface area contributed by atoms with Gasteiger partial charge in [0.2, 0.25) is 0 Å². The van der Waals surface area contributed by atoms with Crippen LogP contribution in [0.2, 0.25) is 0 Å². The van der Waals surface area contributed by atoms with E-state index in [-0.39, 0.29) is 12.1 Å². The van der Waals surface area contributed by atoms with Gasteiger partial charge in [-0.1, -0.05) is 37.6 Å². The fourth-order valence-electron chi connectivity index (χ4n) is 4.90. The maximum Gasteiger partial charge on any atom is 0.170 e. The summed E-state index contributed by atoms with van der Waals surface area (Å²) in [4.78, 5) is 7.05. The molecule has 2 atom stereocenters. The highest BCUT2D eigenvalue weighted by Gasteiger charge is 2.41. The van der Waals surface area contributed by atoms with Crippen molar-refractivity contribution in [1.82, 2.24) is 19.8 Å². The summed E-state index contributed by atoms with van der Waals surface area (Å²) in [7, 11) is 0. The highest BCUT2D eigenvalue weighted by Crippen LogP contribution is 2.41. The largest absolute Gasteiger partial charge is 0.352 e. The minimum absolute atomic E-state index is 0.0393. The molecule has 3 heterocycles. The number of benzene rings is 1. The summed E-state index contributed by atoms with van der Waals surface area (Å²) in [6.07, 6.45) is 4.12. The molecule has 31 heavy (non-hydrogen) atoms. The molecular weight excluding hydrogens is 400 g/mol. The maximum atomic E-state index is 5.81. The van der Waals surface area contributed by atoms with Gasteiger partial charge in [-0.3, -0.25) is 4.98 Å². The molecule has 4 rings (SSSR count). The number of aromatic nitrogens is 2. The molecule has 1 aliphatic heterocycles. The van der Waals surface area contributed by atoms with E-state index in [9.17, 15) is 0 Å². The molecule has 0 aliphatic carbocycles. The van der Waals surface area contributed by atoms with Gasteiger partial charge in [-0.05, 0) is 81.2 Å². The van der Waals surface area contributed by atoms with Crippen molar-refractivity contribution in [3.05, 3.63) is 82.4 Å². The molecule has 0 amide bonds. The van der Waals surface area contributed by atoms with E-state index in [1.165, 1.54) is 33.8 Å². The summed E-state index contributed by atoms with van der Waals surface area (Å²) in [5.41, 5.74) is 8.73. The van der Waals surface area contributed by atoms with E-state index in [1.54, 1.807) is 0 Å². The zero-order chi connectivity index (χ0) is 22.1. The van der Waals surface area contributed by atoms with Gasteiger partial charge in [0.15, 0.2) is 5.11 Å². The second-order valence-corrected chi connectivity index (χ2v) is 8.96. The second kappa shape index (κ2) is 8.83. The number of hydrogen-bond donors (Lipinski definition) is 1. The Morgan fingerprint density at radius 2 is 1.77 bits per heavy atom. The lowest BCUT2D eigenvalue weighted by Crippen LogP contribution is -2.30. The fraction of sp³-hybridized carbons (Fsp3) is 0.385. The van der Waals surface area contributed by atoms with E-state index in [2.05, 4.69) is 90.8 Å². The van der Waals surface area contributed by atoms with Gasteiger partial charge in [-0.2, -0.15) is 0 Å². The molecule has 4 nitrogen and oxygen atoms in total. The van der Waals surface area contributed by atoms with Gasteiger partial charge in [0.25, 0.3) is 0 Å². The molecule has 1 N–H and O–H groups in total. The first kappa shape index (κ1) is 21.6. The van der Waals surface area contributed by atoms with E-state index >= 15 is 0 Å². The van der Waals surface area contributed by atoms with Crippen molar-refractivity contribution in [3.8, 4) is 5.69 Å². The van der Waals surface area contributed by atoms with Crippen LogP contribution in [-0.2, 0) is 0 Å². The number of pyridine rings is 1. The first-order valence-corrected chi connectivity index (χ1v) is 11.6. The van der Waals surface area contributed by atoms with E-state index in [1.807, 2.05) is 12.3 Å². The number of rotatable bonds is 6. The quantitative estimate of drug-likeness (QED) is 0.493. The molecule has 0 radical (unpaired) electrons. The van der Waals surface area contributed by atoms with Crippen molar-refractivity contribution < 1.29 is 0 Å². The van der Waals surface area contributed by atoms with E-state index in [0.717, 1.165) is 30.2 Å². The molecule has 1 aliphatic rings. The molecule has 162 valence electrons. The third-order valence-electron chi connectivity index (χ3n) is 6.40. The Balaban J connectivity index is 1.86. The van der Waals surface area contributed by atoms with Crippen LogP contribution in [0, 0.1) is 27.7 Å². The highest BCUT2D eigenvalue weighted by molar-refractivity contribution is 7.80. The van der Waals surface area contributed by atoms with Crippen LogP contribution in [0.4, 0.5) is 0 Å². The molecule has 0 bridgehead atoms. The molecule has 5 heteroatoms. The monoisotopic (exact) mass is 432 g/mol. The number of unbranched alkanes of at least 4 members (excludes halogenated alkanes) is 1. The van der Waals surface area contributed by atoms with E-state index in [0.29, 0.717) is 0 Å². The fourth-order valence-corrected chi connectivity index (χ4v) is 5.23. The van der Waals surface area contributed by atoms with Gasteiger partial charge < -0.3 is 14.8 Å². The van der Waals surface area contributed by atoms with Crippen LogP contribution < -0.4 is 5.32 Å². The van der Waals surface area contributed by atoms with Gasteiger partial charge in [-0.25, -0.2) is 0 Å². The lowest BCUT2D eigenvalue weighted by molar-refractivity contribution is 0.312. The van der Waals surface area contributed by atoms with Crippen molar-refractivity contribution in [2.45, 2.75) is 59.5 Å². The standard InChI is InChI=1S/C26H32N4S/c1-6-7-15-29-25(23(28-26(29)31)22-13-8-9-14-27-22)21-16-19(4)30(20(21)5)24-17(2)11-10-12-18(24)3/h8-14,16,23,25H,6-7,15H2,1-5H3,(H,28,31)/t23-,25-/m1/s1. The summed E-state index contributed by atoms with van der Waals surface area (Å²) < 4.78 is 2.41. The molecule has 0 unspecified atom stereocenters. The lowest BCUT2D eigenvalue weighted by Gasteiger charge is -2.28. The number of nitrogens with zero attached hydrogens (tertiary/aromatic N) is 3. The first-order valence-electron chi connectivity index (χ1n) is 11.2. The topological polar surface area (TPSA) is 33.1 Å². The molecule has 0 saturated carbocycles. The number of thiocarbonyl (C=S) groups is 1. The van der Waals surface area contributed by atoms with Crippen LogP contribution in [-0.4, -0.2) is 26.1 Å². The van der Waals surface area contributed by atoms with Crippen LogP contribution >= 0.6 is 12.2 Å². The van der Waals surface area contributed by atoms with Gasteiger partial charge in [0, 0.05) is 24.1 Å². The Labute approximate surface area is 191 Å². The van der Waals surface area contributed by atoms with Crippen molar-refractivity contribution in [2.24, 2.45) is 0 Å².